The summed E-state index contributed by atoms with van der Waals surface area (Å²) in [5.74, 6) is 0.841. The average Bonchev–Trinajstić information content (AvgIpc) is 2.51. The molecule has 0 unspecified atom stereocenters. The van der Waals surface area contributed by atoms with Crippen LogP contribution in [0.2, 0.25) is 19.6 Å². The predicted molar refractivity (Wildman–Crippen MR) is 99.0 cm³/mol. The molecule has 1 aromatic carbocycles. The number of benzene rings is 1. The number of aliphatic hydroxyl groups excluding tert-OH is 1. The SMILES string of the molecule is C[Si](C)(C)Oc1ccc(-c2cccc(C=CCCCO)c2)nc1. The Hall–Kier alpha value is -1.91. The summed E-state index contributed by atoms with van der Waals surface area (Å²) >= 11 is 0. The summed E-state index contributed by atoms with van der Waals surface area (Å²) in [6.07, 6.45) is 7.67. The normalized spacial score (nSPS) is 11.8. The first-order chi connectivity index (χ1) is 11.0. The molecule has 0 saturated carbocycles. The highest BCUT2D eigenvalue weighted by Gasteiger charge is 2.16. The summed E-state index contributed by atoms with van der Waals surface area (Å²) in [5.41, 5.74) is 3.18. The van der Waals surface area contributed by atoms with Crippen LogP contribution < -0.4 is 4.43 Å². The van der Waals surface area contributed by atoms with Crippen molar-refractivity contribution in [1.82, 2.24) is 4.98 Å². The van der Waals surface area contributed by atoms with Crippen LogP contribution in [0, 0.1) is 0 Å². The van der Waals surface area contributed by atoms with Gasteiger partial charge in [-0.2, -0.15) is 0 Å². The molecule has 0 bridgehead atoms. The van der Waals surface area contributed by atoms with Gasteiger partial charge in [0.1, 0.15) is 5.75 Å². The maximum Gasteiger partial charge on any atom is 0.242 e. The van der Waals surface area contributed by atoms with Gasteiger partial charge in [0.25, 0.3) is 0 Å². The predicted octanol–water partition coefficient (Wildman–Crippen LogP) is 4.75. The number of unbranched alkanes of at least 4 members (excludes halogenated alkanes) is 1. The van der Waals surface area contributed by atoms with Gasteiger partial charge in [0, 0.05) is 12.2 Å². The quantitative estimate of drug-likeness (QED) is 0.589. The second kappa shape index (κ2) is 8.08. The maximum atomic E-state index is 8.80. The van der Waals surface area contributed by atoms with E-state index >= 15 is 0 Å². The van der Waals surface area contributed by atoms with E-state index in [1.807, 2.05) is 18.2 Å². The molecule has 2 rings (SSSR count). The van der Waals surface area contributed by atoms with E-state index < -0.39 is 8.32 Å². The molecule has 0 amide bonds. The van der Waals surface area contributed by atoms with E-state index in [1.54, 1.807) is 6.20 Å². The minimum atomic E-state index is -1.59. The van der Waals surface area contributed by atoms with E-state index in [1.165, 1.54) is 0 Å². The molecule has 1 aromatic heterocycles. The maximum absolute atomic E-state index is 8.80. The highest BCUT2D eigenvalue weighted by atomic mass is 28.4. The number of aliphatic hydroxyl groups is 1. The van der Waals surface area contributed by atoms with Crippen LogP contribution in [0.4, 0.5) is 0 Å². The highest BCUT2D eigenvalue weighted by Crippen LogP contribution is 2.22. The van der Waals surface area contributed by atoms with Crippen LogP contribution in [0.25, 0.3) is 17.3 Å². The van der Waals surface area contributed by atoms with Crippen LogP contribution in [0.3, 0.4) is 0 Å². The number of hydrogen-bond donors (Lipinski definition) is 1. The molecule has 4 heteroatoms. The van der Waals surface area contributed by atoms with Crippen LogP contribution in [0.5, 0.6) is 5.75 Å². The second-order valence-corrected chi connectivity index (χ2v) is 10.9. The summed E-state index contributed by atoms with van der Waals surface area (Å²) in [6, 6.07) is 12.3. The summed E-state index contributed by atoms with van der Waals surface area (Å²) in [6.45, 7) is 6.72. The fraction of sp³-hybridized carbons (Fsp3) is 0.316. The molecule has 122 valence electrons. The lowest BCUT2D eigenvalue weighted by atomic mass is 10.1. The molecule has 1 N–H and O–H groups in total. The molecule has 3 nitrogen and oxygen atoms in total. The number of hydrogen-bond acceptors (Lipinski definition) is 3. The zero-order valence-corrected chi connectivity index (χ0v) is 15.1. The van der Waals surface area contributed by atoms with E-state index in [0.717, 1.165) is 35.4 Å². The molecule has 0 aliphatic heterocycles. The van der Waals surface area contributed by atoms with Crippen LogP contribution in [0.15, 0.2) is 48.7 Å². The summed E-state index contributed by atoms with van der Waals surface area (Å²) in [7, 11) is -1.59. The summed E-state index contributed by atoms with van der Waals surface area (Å²) in [5, 5.41) is 8.80. The van der Waals surface area contributed by atoms with Gasteiger partial charge >= 0.3 is 0 Å². The third-order valence-corrected chi connectivity index (χ3v) is 4.03. The highest BCUT2D eigenvalue weighted by molar-refractivity contribution is 6.70. The van der Waals surface area contributed by atoms with Crippen LogP contribution in [0.1, 0.15) is 18.4 Å². The fourth-order valence-electron chi connectivity index (χ4n) is 2.20. The largest absolute Gasteiger partial charge is 0.543 e. The minimum absolute atomic E-state index is 0.236. The van der Waals surface area contributed by atoms with E-state index in [0.29, 0.717) is 0 Å². The lowest BCUT2D eigenvalue weighted by molar-refractivity contribution is 0.290. The Balaban J connectivity index is 2.11. The van der Waals surface area contributed by atoms with Gasteiger partial charge in [-0.1, -0.05) is 30.4 Å². The van der Waals surface area contributed by atoms with Crippen molar-refractivity contribution >= 4 is 14.4 Å². The molecule has 0 atom stereocenters. The summed E-state index contributed by atoms with van der Waals surface area (Å²) in [4.78, 5) is 4.52. The van der Waals surface area contributed by atoms with Crippen LogP contribution in [-0.4, -0.2) is 25.0 Å². The molecule has 0 fully saturated rings. The van der Waals surface area contributed by atoms with Crippen molar-refractivity contribution in [1.29, 1.82) is 0 Å². The topological polar surface area (TPSA) is 42.4 Å². The molecular weight excluding hydrogens is 302 g/mol. The Labute approximate surface area is 139 Å². The first kappa shape index (κ1) is 17.4. The number of pyridine rings is 1. The van der Waals surface area contributed by atoms with Crippen molar-refractivity contribution in [2.75, 3.05) is 6.61 Å². The Morgan fingerprint density at radius 3 is 2.65 bits per heavy atom. The van der Waals surface area contributed by atoms with Crippen LogP contribution in [-0.2, 0) is 0 Å². The smallest absolute Gasteiger partial charge is 0.242 e. The van der Waals surface area contributed by atoms with E-state index in [9.17, 15) is 0 Å². The first-order valence-electron chi connectivity index (χ1n) is 8.01. The van der Waals surface area contributed by atoms with Gasteiger partial charge < -0.3 is 9.53 Å². The first-order valence-corrected chi connectivity index (χ1v) is 11.4. The van der Waals surface area contributed by atoms with Gasteiger partial charge in [0.05, 0.1) is 11.9 Å². The molecule has 2 aromatic rings. The average molecular weight is 328 g/mol. The molecule has 0 spiro atoms. The standard InChI is InChI=1S/C19H25NO2Si/c1-23(2,3)22-18-11-12-19(20-15-18)17-10-7-9-16(14-17)8-5-4-6-13-21/h5,7-12,14-15,21H,4,6,13H2,1-3H3. The number of aromatic nitrogens is 1. The third-order valence-electron chi connectivity index (χ3n) is 3.18. The Morgan fingerprint density at radius 1 is 1.17 bits per heavy atom. The molecule has 0 aliphatic rings. The second-order valence-electron chi connectivity index (χ2n) is 6.49. The Morgan fingerprint density at radius 2 is 2.00 bits per heavy atom. The summed E-state index contributed by atoms with van der Waals surface area (Å²) < 4.78 is 5.94. The van der Waals surface area contributed by atoms with Gasteiger partial charge in [0.2, 0.25) is 8.32 Å². The van der Waals surface area contributed by atoms with Crippen molar-refractivity contribution in [3.63, 3.8) is 0 Å². The molecule has 0 saturated heterocycles. The van der Waals surface area contributed by atoms with Crippen molar-refractivity contribution in [2.24, 2.45) is 0 Å². The molecular formula is C19H25NO2Si. The van der Waals surface area contributed by atoms with Crippen molar-refractivity contribution in [3.05, 3.63) is 54.2 Å². The number of rotatable bonds is 7. The molecule has 0 radical (unpaired) electrons. The van der Waals surface area contributed by atoms with Gasteiger partial charge in [-0.15, -0.1) is 0 Å². The Bertz CT molecular complexity index is 645. The van der Waals surface area contributed by atoms with Gasteiger partial charge in [-0.3, -0.25) is 4.98 Å². The zero-order valence-electron chi connectivity index (χ0n) is 14.1. The van der Waals surface area contributed by atoms with Crippen molar-refractivity contribution in [2.45, 2.75) is 32.5 Å². The monoisotopic (exact) mass is 327 g/mol. The number of allylic oxidation sites excluding steroid dienone is 1. The molecule has 23 heavy (non-hydrogen) atoms. The van der Waals surface area contributed by atoms with Crippen LogP contribution >= 0.6 is 0 Å². The van der Waals surface area contributed by atoms with E-state index in [-0.39, 0.29) is 6.61 Å². The van der Waals surface area contributed by atoms with Crippen molar-refractivity contribution < 1.29 is 9.53 Å². The van der Waals surface area contributed by atoms with Gasteiger partial charge in [-0.25, -0.2) is 0 Å². The van der Waals surface area contributed by atoms with Crippen molar-refractivity contribution in [3.8, 4) is 17.0 Å². The van der Waals surface area contributed by atoms with E-state index in [2.05, 4.69) is 55.0 Å². The third kappa shape index (κ3) is 6.00. The Kier molecular flexibility index (Phi) is 6.13. The lowest BCUT2D eigenvalue weighted by Crippen LogP contribution is -2.29. The lowest BCUT2D eigenvalue weighted by Gasteiger charge is -2.18. The zero-order chi connectivity index (χ0) is 16.7. The number of nitrogens with zero attached hydrogens (tertiary/aromatic N) is 1. The minimum Gasteiger partial charge on any atom is -0.543 e. The van der Waals surface area contributed by atoms with E-state index in [4.69, 9.17) is 9.53 Å². The molecule has 0 aliphatic carbocycles. The fourth-order valence-corrected chi connectivity index (χ4v) is 3.02. The molecule has 1 heterocycles. The van der Waals surface area contributed by atoms with Gasteiger partial charge in [0.15, 0.2) is 0 Å². The van der Waals surface area contributed by atoms with Gasteiger partial charge in [-0.05, 0) is 56.2 Å².